The minimum Gasteiger partial charge on any atom is -0.345 e. The van der Waals surface area contributed by atoms with Crippen molar-refractivity contribution in [2.24, 2.45) is 0 Å². The van der Waals surface area contributed by atoms with Gasteiger partial charge in [-0.05, 0) is 50.2 Å². The van der Waals surface area contributed by atoms with E-state index in [0.717, 1.165) is 19.1 Å². The Balaban J connectivity index is 1.57. The molecule has 0 atom stereocenters. The van der Waals surface area contributed by atoms with Gasteiger partial charge in [-0.15, -0.1) is 0 Å². The zero-order valence-corrected chi connectivity index (χ0v) is 11.9. The van der Waals surface area contributed by atoms with Crippen LogP contribution in [-0.2, 0) is 6.54 Å². The Hall–Kier alpha value is -1.28. The number of fused-ring (bicyclic) bond motifs is 1. The van der Waals surface area contributed by atoms with Crippen molar-refractivity contribution < 1.29 is 0 Å². The molecule has 1 aliphatic rings. The van der Waals surface area contributed by atoms with Crippen LogP contribution in [0.2, 0.25) is 0 Å². The molecule has 1 fully saturated rings. The largest absolute Gasteiger partial charge is 0.345 e. The van der Waals surface area contributed by atoms with E-state index in [-0.39, 0.29) is 0 Å². The van der Waals surface area contributed by atoms with Crippen LogP contribution in [0.3, 0.4) is 0 Å². The number of nitrogens with one attached hydrogen (secondary N) is 1. The summed E-state index contributed by atoms with van der Waals surface area (Å²) >= 11 is 0. The minimum absolute atomic E-state index is 0.794. The molecule has 1 N–H and O–H groups in total. The van der Waals surface area contributed by atoms with Crippen LogP contribution in [0.1, 0.15) is 37.8 Å². The molecule has 0 bridgehead atoms. The normalized spacial score (nSPS) is 16.5. The molecular formula is C17H24N2. The van der Waals surface area contributed by atoms with Gasteiger partial charge < -0.3 is 9.88 Å². The third kappa shape index (κ3) is 2.84. The van der Waals surface area contributed by atoms with Gasteiger partial charge in [-0.25, -0.2) is 0 Å². The molecular weight excluding hydrogens is 232 g/mol. The van der Waals surface area contributed by atoms with Crippen LogP contribution < -0.4 is 5.32 Å². The summed E-state index contributed by atoms with van der Waals surface area (Å²) in [6.45, 7) is 4.49. The molecule has 1 saturated carbocycles. The zero-order valence-electron chi connectivity index (χ0n) is 11.9. The number of para-hydroxylation sites is 1. The molecule has 0 amide bonds. The predicted molar refractivity (Wildman–Crippen MR) is 81.6 cm³/mol. The van der Waals surface area contributed by atoms with E-state index in [0.29, 0.717) is 0 Å². The molecule has 2 nitrogen and oxygen atoms in total. The summed E-state index contributed by atoms with van der Waals surface area (Å²) in [5.74, 6) is 0. The maximum atomic E-state index is 3.70. The maximum Gasteiger partial charge on any atom is 0.0482 e. The Morgan fingerprint density at radius 2 is 2.00 bits per heavy atom. The average molecular weight is 256 g/mol. The van der Waals surface area contributed by atoms with Gasteiger partial charge in [0, 0.05) is 23.8 Å². The lowest BCUT2D eigenvalue weighted by Gasteiger charge is -2.13. The Labute approximate surface area is 115 Å². The Kier molecular flexibility index (Phi) is 3.88. The van der Waals surface area contributed by atoms with E-state index in [1.165, 1.54) is 48.7 Å². The molecule has 2 aromatic rings. The Morgan fingerprint density at radius 1 is 1.21 bits per heavy atom. The third-order valence-corrected chi connectivity index (χ3v) is 4.36. The van der Waals surface area contributed by atoms with Crippen LogP contribution in [0.5, 0.6) is 0 Å². The van der Waals surface area contributed by atoms with Crippen LogP contribution >= 0.6 is 0 Å². The molecule has 1 aromatic carbocycles. The lowest BCUT2D eigenvalue weighted by molar-refractivity contribution is 0.496. The van der Waals surface area contributed by atoms with Crippen LogP contribution in [0.25, 0.3) is 10.9 Å². The first-order chi connectivity index (χ1) is 9.34. The number of rotatable bonds is 5. The lowest BCUT2D eigenvalue weighted by Crippen LogP contribution is -2.27. The van der Waals surface area contributed by atoms with Crippen molar-refractivity contribution in [2.45, 2.75) is 51.6 Å². The Morgan fingerprint density at radius 3 is 2.84 bits per heavy atom. The van der Waals surface area contributed by atoms with Crippen molar-refractivity contribution in [3.8, 4) is 0 Å². The maximum absolute atomic E-state index is 3.70. The summed E-state index contributed by atoms with van der Waals surface area (Å²) in [6.07, 6.45) is 6.81. The fraction of sp³-hybridized carbons (Fsp3) is 0.529. The number of aryl methyl sites for hydroxylation is 2. The summed E-state index contributed by atoms with van der Waals surface area (Å²) in [6, 6.07) is 11.8. The third-order valence-electron chi connectivity index (χ3n) is 4.36. The SMILES string of the molecule is Cc1cc2ccccc2n1CCCNC1CCCC1. The lowest BCUT2D eigenvalue weighted by atomic mass is 10.2. The molecule has 1 aliphatic carbocycles. The minimum atomic E-state index is 0.794. The molecule has 102 valence electrons. The van der Waals surface area contributed by atoms with Crippen molar-refractivity contribution in [1.29, 1.82) is 0 Å². The molecule has 0 unspecified atom stereocenters. The highest BCUT2D eigenvalue weighted by atomic mass is 15.0. The Bertz CT molecular complexity index is 535. The van der Waals surface area contributed by atoms with E-state index < -0.39 is 0 Å². The van der Waals surface area contributed by atoms with E-state index in [4.69, 9.17) is 0 Å². The molecule has 0 radical (unpaired) electrons. The van der Waals surface area contributed by atoms with Crippen molar-refractivity contribution in [3.63, 3.8) is 0 Å². The van der Waals surface area contributed by atoms with Crippen LogP contribution in [0, 0.1) is 6.92 Å². The fourth-order valence-electron chi connectivity index (χ4n) is 3.32. The molecule has 0 saturated heterocycles. The van der Waals surface area contributed by atoms with Crippen LogP contribution in [-0.4, -0.2) is 17.2 Å². The van der Waals surface area contributed by atoms with Gasteiger partial charge in [0.15, 0.2) is 0 Å². The van der Waals surface area contributed by atoms with E-state index in [1.807, 2.05) is 0 Å². The van der Waals surface area contributed by atoms with E-state index in [2.05, 4.69) is 47.1 Å². The first kappa shape index (κ1) is 12.7. The smallest absolute Gasteiger partial charge is 0.0482 e. The predicted octanol–water partition coefficient (Wildman–Crippen LogP) is 3.87. The highest BCUT2D eigenvalue weighted by Gasteiger charge is 2.13. The highest BCUT2D eigenvalue weighted by molar-refractivity contribution is 5.81. The summed E-state index contributed by atoms with van der Waals surface area (Å²) < 4.78 is 2.45. The van der Waals surface area contributed by atoms with Gasteiger partial charge >= 0.3 is 0 Å². The fourth-order valence-corrected chi connectivity index (χ4v) is 3.32. The first-order valence-corrected chi connectivity index (χ1v) is 7.63. The second kappa shape index (κ2) is 5.79. The molecule has 3 rings (SSSR count). The van der Waals surface area contributed by atoms with Crippen molar-refractivity contribution in [3.05, 3.63) is 36.0 Å². The van der Waals surface area contributed by atoms with E-state index >= 15 is 0 Å². The summed E-state index contributed by atoms with van der Waals surface area (Å²) in [5, 5.41) is 5.06. The number of nitrogens with zero attached hydrogens (tertiary/aromatic N) is 1. The molecule has 2 heteroatoms. The van der Waals surface area contributed by atoms with Gasteiger partial charge in [-0.3, -0.25) is 0 Å². The average Bonchev–Trinajstić information content (AvgIpc) is 3.02. The summed E-state index contributed by atoms with van der Waals surface area (Å²) in [5.41, 5.74) is 2.75. The first-order valence-electron chi connectivity index (χ1n) is 7.63. The van der Waals surface area contributed by atoms with Gasteiger partial charge in [-0.1, -0.05) is 31.0 Å². The highest BCUT2D eigenvalue weighted by Crippen LogP contribution is 2.20. The zero-order chi connectivity index (χ0) is 13.1. The van der Waals surface area contributed by atoms with Gasteiger partial charge in [0.2, 0.25) is 0 Å². The second-order valence-corrected chi connectivity index (χ2v) is 5.79. The van der Waals surface area contributed by atoms with Crippen LogP contribution in [0.4, 0.5) is 0 Å². The van der Waals surface area contributed by atoms with Gasteiger partial charge in [0.1, 0.15) is 0 Å². The van der Waals surface area contributed by atoms with Crippen molar-refractivity contribution in [1.82, 2.24) is 9.88 Å². The van der Waals surface area contributed by atoms with Gasteiger partial charge in [-0.2, -0.15) is 0 Å². The van der Waals surface area contributed by atoms with Crippen molar-refractivity contribution in [2.75, 3.05) is 6.54 Å². The topological polar surface area (TPSA) is 17.0 Å². The monoisotopic (exact) mass is 256 g/mol. The second-order valence-electron chi connectivity index (χ2n) is 5.79. The van der Waals surface area contributed by atoms with Crippen molar-refractivity contribution >= 4 is 10.9 Å². The summed E-state index contributed by atoms with van der Waals surface area (Å²) in [4.78, 5) is 0. The molecule has 0 spiro atoms. The molecule has 19 heavy (non-hydrogen) atoms. The van der Waals surface area contributed by atoms with Gasteiger partial charge in [0.25, 0.3) is 0 Å². The van der Waals surface area contributed by atoms with Crippen LogP contribution in [0.15, 0.2) is 30.3 Å². The number of hydrogen-bond acceptors (Lipinski definition) is 1. The number of benzene rings is 1. The number of aromatic nitrogens is 1. The number of hydrogen-bond donors (Lipinski definition) is 1. The van der Waals surface area contributed by atoms with E-state index in [9.17, 15) is 0 Å². The molecule has 1 aromatic heterocycles. The summed E-state index contributed by atoms with van der Waals surface area (Å²) in [7, 11) is 0. The quantitative estimate of drug-likeness (QED) is 0.804. The van der Waals surface area contributed by atoms with E-state index in [1.54, 1.807) is 0 Å². The standard InChI is InChI=1S/C17H24N2/c1-14-13-15-7-2-5-10-17(15)19(14)12-6-11-18-16-8-3-4-9-16/h2,5,7,10,13,16,18H,3-4,6,8-9,11-12H2,1H3. The molecule has 0 aliphatic heterocycles. The van der Waals surface area contributed by atoms with Gasteiger partial charge in [0.05, 0.1) is 0 Å². The molecule has 1 heterocycles.